The van der Waals surface area contributed by atoms with Crippen molar-refractivity contribution in [2.45, 2.75) is 235 Å². The highest BCUT2D eigenvalue weighted by molar-refractivity contribution is 5.82. The molecule has 2 saturated heterocycles. The van der Waals surface area contributed by atoms with Gasteiger partial charge >= 0.3 is 11.9 Å². The molecule has 4 unspecified atom stereocenters. The van der Waals surface area contributed by atoms with Gasteiger partial charge in [0.2, 0.25) is 0 Å². The molecule has 2 aliphatic heterocycles. The minimum Gasteiger partial charge on any atom is -0.462 e. The summed E-state index contributed by atoms with van der Waals surface area (Å²) in [5, 5.41) is 72.0. The van der Waals surface area contributed by atoms with Gasteiger partial charge in [-0.1, -0.05) is 159 Å². The molecular formula is C51H88O15. The molecule has 0 radical (unpaired) electrons. The van der Waals surface area contributed by atoms with Gasteiger partial charge in [0.05, 0.1) is 19.8 Å². The molecule has 11 atom stereocenters. The standard InChI is InChI=1S/C51H88O15/c1-3-5-7-9-11-13-15-17-19-21-23-25-27-29-31-33-42(53)61-36-39(64-43(54)34-32-30-28-26-24-22-20-18-16-14-12-10-8-6-4-2)37-62-50-49(60)47(58)45(56)41(66-50)38-63-51-48(59)46(57)44(55)40(35-52)65-51/h13,15,17,19,28,30,32,34,39-41,44-52,55-60H,3-12,14,16,18,20-27,29,31,33,35-38H2,1-2H3/b15-13+,19-17+,30-28+,34-32+/t39-,40-,41-,44+,45+,46?,47?,48?,49?,50-,51-/m1/s1. The minimum atomic E-state index is -1.78. The third-order valence-electron chi connectivity index (χ3n) is 11.9. The Balaban J connectivity index is 1.86. The Morgan fingerprint density at radius 1 is 0.515 bits per heavy atom. The number of hydrogen-bond donors (Lipinski definition) is 7. The number of allylic oxidation sites excluding steroid dienone is 7. The maximum Gasteiger partial charge on any atom is 0.331 e. The highest BCUT2D eigenvalue weighted by Gasteiger charge is 2.47. The van der Waals surface area contributed by atoms with Crippen LogP contribution in [0, 0.1) is 0 Å². The number of ether oxygens (including phenoxy) is 6. The molecule has 0 bridgehead atoms. The first-order valence-electron chi connectivity index (χ1n) is 25.3. The Hall–Kier alpha value is -2.54. The van der Waals surface area contributed by atoms with Crippen LogP contribution in [0.2, 0.25) is 0 Å². The highest BCUT2D eigenvalue weighted by Crippen LogP contribution is 2.26. The molecule has 0 aliphatic carbocycles. The van der Waals surface area contributed by atoms with Crippen LogP contribution in [-0.4, -0.2) is 142 Å². The molecule has 7 N–H and O–H groups in total. The van der Waals surface area contributed by atoms with E-state index >= 15 is 0 Å². The summed E-state index contributed by atoms with van der Waals surface area (Å²) >= 11 is 0. The number of carbonyl (C=O) groups is 2. The van der Waals surface area contributed by atoms with Gasteiger partial charge in [0, 0.05) is 12.5 Å². The fourth-order valence-electron chi connectivity index (χ4n) is 7.70. The van der Waals surface area contributed by atoms with Crippen LogP contribution in [0.1, 0.15) is 168 Å². The lowest BCUT2D eigenvalue weighted by Gasteiger charge is -2.42. The SMILES string of the molecule is CCCCCC/C=C/C=C/CCCCCCCC(=O)OC[C@H](CO[C@@H]1O[C@H](CO[C@@H]2O[C@H](CO)[C@H](O)C(O)C2O)[C@H](O)C(O)C1O)OC(=O)/C=C/C=C/CCCCCCCCCCCCC. The molecule has 2 aliphatic rings. The smallest absolute Gasteiger partial charge is 0.331 e. The van der Waals surface area contributed by atoms with E-state index in [0.29, 0.717) is 6.42 Å². The molecule has 0 saturated carbocycles. The van der Waals surface area contributed by atoms with E-state index in [1.165, 1.54) is 89.5 Å². The van der Waals surface area contributed by atoms with Gasteiger partial charge in [-0.25, -0.2) is 4.79 Å². The first-order valence-corrected chi connectivity index (χ1v) is 25.3. The summed E-state index contributed by atoms with van der Waals surface area (Å²) in [5.41, 5.74) is 0. The number of hydrogen-bond acceptors (Lipinski definition) is 15. The molecule has 15 nitrogen and oxygen atoms in total. The number of unbranched alkanes of at least 4 members (excludes halogenated alkanes) is 20. The molecule has 0 aromatic carbocycles. The van der Waals surface area contributed by atoms with Crippen LogP contribution in [0.4, 0.5) is 0 Å². The van der Waals surface area contributed by atoms with Crippen molar-refractivity contribution >= 4 is 11.9 Å². The Labute approximate surface area is 395 Å². The van der Waals surface area contributed by atoms with Gasteiger partial charge in [0.25, 0.3) is 0 Å². The average Bonchev–Trinajstić information content (AvgIpc) is 3.31. The van der Waals surface area contributed by atoms with Gasteiger partial charge in [0.1, 0.15) is 55.4 Å². The molecule has 0 amide bonds. The zero-order valence-corrected chi connectivity index (χ0v) is 40.2. The molecule has 15 heteroatoms. The Morgan fingerprint density at radius 3 is 1.48 bits per heavy atom. The van der Waals surface area contributed by atoms with Crippen molar-refractivity contribution in [3.05, 3.63) is 48.6 Å². The average molecular weight is 941 g/mol. The van der Waals surface area contributed by atoms with E-state index in [0.717, 1.165) is 57.8 Å². The third kappa shape index (κ3) is 26.3. The lowest BCUT2D eigenvalue weighted by atomic mass is 9.98. The van der Waals surface area contributed by atoms with Crippen molar-refractivity contribution in [1.29, 1.82) is 0 Å². The number of carbonyl (C=O) groups excluding carboxylic acids is 2. The maximum absolute atomic E-state index is 12.9. The largest absolute Gasteiger partial charge is 0.462 e. The first kappa shape index (κ1) is 59.6. The predicted molar refractivity (Wildman–Crippen MR) is 252 cm³/mol. The zero-order chi connectivity index (χ0) is 48.2. The molecular weight excluding hydrogens is 853 g/mol. The summed E-state index contributed by atoms with van der Waals surface area (Å²) in [6.45, 7) is 2.43. The molecule has 2 rings (SSSR count). The van der Waals surface area contributed by atoms with Crippen LogP contribution >= 0.6 is 0 Å². The van der Waals surface area contributed by atoms with Crippen molar-refractivity contribution < 1.29 is 73.8 Å². The van der Waals surface area contributed by atoms with Crippen LogP contribution in [0.5, 0.6) is 0 Å². The minimum absolute atomic E-state index is 0.180. The number of rotatable bonds is 38. The molecule has 2 fully saturated rings. The van der Waals surface area contributed by atoms with Crippen molar-refractivity contribution in [3.8, 4) is 0 Å². The van der Waals surface area contributed by atoms with Crippen LogP contribution in [0.3, 0.4) is 0 Å². The molecule has 0 aromatic rings. The lowest BCUT2D eigenvalue weighted by Crippen LogP contribution is -2.61. The van der Waals surface area contributed by atoms with Gasteiger partial charge in [-0.3, -0.25) is 4.79 Å². The van der Waals surface area contributed by atoms with Crippen LogP contribution in [0.15, 0.2) is 48.6 Å². The lowest BCUT2D eigenvalue weighted by molar-refractivity contribution is -0.332. The second kappa shape index (κ2) is 38.3. The van der Waals surface area contributed by atoms with Crippen molar-refractivity contribution in [2.24, 2.45) is 0 Å². The molecule has 2 heterocycles. The summed E-state index contributed by atoms with van der Waals surface area (Å²) in [5.74, 6) is -1.20. The van der Waals surface area contributed by atoms with Crippen molar-refractivity contribution in [2.75, 3.05) is 26.4 Å². The van der Waals surface area contributed by atoms with Crippen LogP contribution in [0.25, 0.3) is 0 Å². The maximum atomic E-state index is 12.9. The van der Waals surface area contributed by atoms with Crippen LogP contribution in [-0.2, 0) is 38.0 Å². The number of aliphatic hydroxyl groups is 7. The fourth-order valence-corrected chi connectivity index (χ4v) is 7.70. The van der Waals surface area contributed by atoms with E-state index in [1.807, 2.05) is 6.08 Å². The van der Waals surface area contributed by atoms with Crippen molar-refractivity contribution in [3.63, 3.8) is 0 Å². The van der Waals surface area contributed by atoms with Gasteiger partial charge in [-0.2, -0.15) is 0 Å². The van der Waals surface area contributed by atoms with E-state index in [4.69, 9.17) is 28.4 Å². The molecule has 0 spiro atoms. The summed E-state index contributed by atoms with van der Waals surface area (Å²) < 4.78 is 33.3. The topological polar surface area (TPSA) is 231 Å². The van der Waals surface area contributed by atoms with Gasteiger partial charge in [0.15, 0.2) is 18.7 Å². The normalized spacial score (nSPS) is 26.6. The monoisotopic (exact) mass is 941 g/mol. The third-order valence-corrected chi connectivity index (χ3v) is 11.9. The number of esters is 2. The summed E-state index contributed by atoms with van der Waals surface area (Å²) in [6.07, 6.45) is 24.9. The van der Waals surface area contributed by atoms with Gasteiger partial charge in [-0.05, 0) is 44.9 Å². The van der Waals surface area contributed by atoms with E-state index < -0.39 is 99.3 Å². The van der Waals surface area contributed by atoms with Crippen LogP contribution < -0.4 is 0 Å². The molecule has 66 heavy (non-hydrogen) atoms. The number of aliphatic hydroxyl groups excluding tert-OH is 7. The van der Waals surface area contributed by atoms with E-state index in [1.54, 1.807) is 12.2 Å². The summed E-state index contributed by atoms with van der Waals surface area (Å²) in [4.78, 5) is 25.6. The summed E-state index contributed by atoms with van der Waals surface area (Å²) in [7, 11) is 0. The van der Waals surface area contributed by atoms with E-state index in [9.17, 15) is 45.3 Å². The first-order chi connectivity index (χ1) is 32.0. The quantitative estimate of drug-likeness (QED) is 0.0148. The second-order valence-electron chi connectivity index (χ2n) is 17.7. The van der Waals surface area contributed by atoms with E-state index in [-0.39, 0.29) is 13.0 Å². The van der Waals surface area contributed by atoms with Gasteiger partial charge in [-0.15, -0.1) is 0 Å². The Kier molecular flexibility index (Phi) is 34.6. The Bertz CT molecular complexity index is 1340. The predicted octanol–water partition coefficient (Wildman–Crippen LogP) is 6.71. The fraction of sp³-hybridized carbons (Fsp3) is 0.804. The molecule has 0 aromatic heterocycles. The summed E-state index contributed by atoms with van der Waals surface area (Å²) in [6, 6.07) is 0. The highest BCUT2D eigenvalue weighted by atomic mass is 16.7. The van der Waals surface area contributed by atoms with Gasteiger partial charge < -0.3 is 64.2 Å². The zero-order valence-electron chi connectivity index (χ0n) is 40.2. The van der Waals surface area contributed by atoms with E-state index in [2.05, 4.69) is 38.2 Å². The second-order valence-corrected chi connectivity index (χ2v) is 17.7. The molecule has 382 valence electrons. The van der Waals surface area contributed by atoms with Crippen molar-refractivity contribution in [1.82, 2.24) is 0 Å². The Morgan fingerprint density at radius 2 is 0.955 bits per heavy atom.